The maximum atomic E-state index is 11.3. The first-order valence-corrected chi connectivity index (χ1v) is 6.53. The SMILES string of the molecule is O=c1ccc2c([nH]1)CCCC2NCc1ccncn1. The normalized spacial score (nSPS) is 18.0. The highest BCUT2D eigenvalue weighted by molar-refractivity contribution is 5.26. The van der Waals surface area contributed by atoms with E-state index in [9.17, 15) is 4.79 Å². The molecule has 0 aromatic carbocycles. The predicted molar refractivity (Wildman–Crippen MR) is 71.6 cm³/mol. The predicted octanol–water partition coefficient (Wildman–Crippen LogP) is 1.33. The molecule has 2 heterocycles. The van der Waals surface area contributed by atoms with E-state index < -0.39 is 0 Å². The molecule has 1 atom stereocenters. The van der Waals surface area contributed by atoms with Gasteiger partial charge >= 0.3 is 0 Å². The van der Waals surface area contributed by atoms with Crippen LogP contribution >= 0.6 is 0 Å². The van der Waals surface area contributed by atoms with Gasteiger partial charge in [0.15, 0.2) is 0 Å². The van der Waals surface area contributed by atoms with Gasteiger partial charge in [-0.25, -0.2) is 9.97 Å². The average molecular weight is 256 g/mol. The zero-order valence-corrected chi connectivity index (χ0v) is 10.6. The Bertz CT molecular complexity index is 608. The quantitative estimate of drug-likeness (QED) is 0.869. The van der Waals surface area contributed by atoms with Gasteiger partial charge in [0.1, 0.15) is 6.33 Å². The summed E-state index contributed by atoms with van der Waals surface area (Å²) in [5.74, 6) is 0. The molecule has 1 aliphatic rings. The van der Waals surface area contributed by atoms with Crippen LogP contribution in [0.5, 0.6) is 0 Å². The first-order valence-electron chi connectivity index (χ1n) is 6.53. The Morgan fingerprint density at radius 2 is 2.32 bits per heavy atom. The highest BCUT2D eigenvalue weighted by Gasteiger charge is 2.20. The van der Waals surface area contributed by atoms with E-state index in [4.69, 9.17) is 0 Å². The molecule has 5 heteroatoms. The number of aryl methyl sites for hydroxylation is 1. The first-order chi connectivity index (χ1) is 9.33. The number of rotatable bonds is 3. The molecule has 1 unspecified atom stereocenters. The molecule has 0 radical (unpaired) electrons. The average Bonchev–Trinajstić information content (AvgIpc) is 2.45. The summed E-state index contributed by atoms with van der Waals surface area (Å²) in [6.07, 6.45) is 6.44. The van der Waals surface area contributed by atoms with Gasteiger partial charge in [-0.05, 0) is 30.9 Å². The van der Waals surface area contributed by atoms with Gasteiger partial charge in [-0.3, -0.25) is 4.79 Å². The number of hydrogen-bond donors (Lipinski definition) is 2. The molecule has 0 saturated carbocycles. The van der Waals surface area contributed by atoms with Crippen LogP contribution in [0.4, 0.5) is 0 Å². The molecule has 2 N–H and O–H groups in total. The number of hydrogen-bond acceptors (Lipinski definition) is 4. The van der Waals surface area contributed by atoms with Crippen molar-refractivity contribution in [3.8, 4) is 0 Å². The number of nitrogens with one attached hydrogen (secondary N) is 2. The molecule has 5 nitrogen and oxygen atoms in total. The molecule has 1 aliphatic carbocycles. The van der Waals surface area contributed by atoms with E-state index in [0.717, 1.165) is 30.7 Å². The summed E-state index contributed by atoms with van der Waals surface area (Å²) in [7, 11) is 0. The molecular formula is C14H16N4O. The molecule has 0 amide bonds. The molecule has 98 valence electrons. The Balaban J connectivity index is 1.75. The van der Waals surface area contributed by atoms with Crippen molar-refractivity contribution < 1.29 is 0 Å². The van der Waals surface area contributed by atoms with Crippen molar-refractivity contribution in [1.29, 1.82) is 0 Å². The summed E-state index contributed by atoms with van der Waals surface area (Å²) < 4.78 is 0. The minimum Gasteiger partial charge on any atom is -0.326 e. The van der Waals surface area contributed by atoms with Crippen molar-refractivity contribution in [3.05, 3.63) is 58.0 Å². The lowest BCUT2D eigenvalue weighted by Gasteiger charge is -2.25. The van der Waals surface area contributed by atoms with E-state index in [1.54, 1.807) is 18.6 Å². The lowest BCUT2D eigenvalue weighted by molar-refractivity contribution is 0.450. The van der Waals surface area contributed by atoms with Gasteiger partial charge in [-0.1, -0.05) is 6.07 Å². The number of pyridine rings is 1. The third kappa shape index (κ3) is 2.71. The van der Waals surface area contributed by atoms with Crippen LogP contribution < -0.4 is 10.9 Å². The third-order valence-electron chi connectivity index (χ3n) is 3.50. The largest absolute Gasteiger partial charge is 0.326 e. The van der Waals surface area contributed by atoms with Crippen LogP contribution in [-0.4, -0.2) is 15.0 Å². The summed E-state index contributed by atoms with van der Waals surface area (Å²) in [5.41, 5.74) is 3.24. The van der Waals surface area contributed by atoms with E-state index in [1.807, 2.05) is 12.1 Å². The van der Waals surface area contributed by atoms with Crippen LogP contribution in [-0.2, 0) is 13.0 Å². The number of aromatic amines is 1. The number of nitrogens with zero attached hydrogens (tertiary/aromatic N) is 2. The molecule has 2 aromatic heterocycles. The lowest BCUT2D eigenvalue weighted by Crippen LogP contribution is -2.27. The second-order valence-corrected chi connectivity index (χ2v) is 4.78. The van der Waals surface area contributed by atoms with E-state index >= 15 is 0 Å². The Hall–Kier alpha value is -2.01. The molecule has 0 saturated heterocycles. The zero-order chi connectivity index (χ0) is 13.1. The molecule has 0 aliphatic heterocycles. The fraction of sp³-hybridized carbons (Fsp3) is 0.357. The molecule has 2 aromatic rings. The summed E-state index contributed by atoms with van der Waals surface area (Å²) >= 11 is 0. The minimum absolute atomic E-state index is 0.0183. The van der Waals surface area contributed by atoms with Crippen LogP contribution in [0.3, 0.4) is 0 Å². The molecule has 0 spiro atoms. The van der Waals surface area contributed by atoms with Crippen molar-refractivity contribution in [2.75, 3.05) is 0 Å². The Kier molecular flexibility index (Phi) is 3.37. The van der Waals surface area contributed by atoms with E-state index in [2.05, 4.69) is 20.3 Å². The van der Waals surface area contributed by atoms with Gasteiger partial charge in [0.05, 0.1) is 5.69 Å². The van der Waals surface area contributed by atoms with E-state index in [1.165, 1.54) is 5.56 Å². The highest BCUT2D eigenvalue weighted by atomic mass is 16.1. The van der Waals surface area contributed by atoms with Crippen LogP contribution in [0, 0.1) is 0 Å². The number of fused-ring (bicyclic) bond motifs is 1. The minimum atomic E-state index is -0.0183. The fourth-order valence-electron chi connectivity index (χ4n) is 2.56. The topological polar surface area (TPSA) is 70.7 Å². The Morgan fingerprint density at radius 3 is 3.16 bits per heavy atom. The standard InChI is InChI=1S/C14H16N4O/c19-14-5-4-11-12(2-1-3-13(11)18-14)16-8-10-6-7-15-9-17-10/h4-7,9,12,16H,1-3,8H2,(H,18,19). The third-order valence-corrected chi connectivity index (χ3v) is 3.50. The van der Waals surface area contributed by atoms with Crippen molar-refractivity contribution in [2.24, 2.45) is 0 Å². The van der Waals surface area contributed by atoms with Crippen molar-refractivity contribution in [2.45, 2.75) is 31.8 Å². The summed E-state index contributed by atoms with van der Waals surface area (Å²) in [5, 5.41) is 3.50. The van der Waals surface area contributed by atoms with Crippen LogP contribution in [0.15, 0.2) is 35.5 Å². The van der Waals surface area contributed by atoms with Gasteiger partial charge in [-0.2, -0.15) is 0 Å². The monoisotopic (exact) mass is 256 g/mol. The van der Waals surface area contributed by atoms with Crippen molar-refractivity contribution in [1.82, 2.24) is 20.3 Å². The lowest BCUT2D eigenvalue weighted by atomic mass is 9.91. The van der Waals surface area contributed by atoms with Crippen LogP contribution in [0.25, 0.3) is 0 Å². The first kappa shape index (κ1) is 12.0. The van der Waals surface area contributed by atoms with Crippen molar-refractivity contribution in [3.63, 3.8) is 0 Å². The molecule has 19 heavy (non-hydrogen) atoms. The zero-order valence-electron chi connectivity index (χ0n) is 10.6. The van der Waals surface area contributed by atoms with Crippen LogP contribution in [0.1, 0.15) is 35.8 Å². The van der Waals surface area contributed by atoms with Gasteiger partial charge < -0.3 is 10.3 Å². The highest BCUT2D eigenvalue weighted by Crippen LogP contribution is 2.27. The van der Waals surface area contributed by atoms with Crippen LogP contribution in [0.2, 0.25) is 0 Å². The molecule has 3 rings (SSSR count). The van der Waals surface area contributed by atoms with E-state index in [-0.39, 0.29) is 11.6 Å². The van der Waals surface area contributed by atoms with Gasteiger partial charge in [-0.15, -0.1) is 0 Å². The molecular weight excluding hydrogens is 240 g/mol. The maximum Gasteiger partial charge on any atom is 0.248 e. The fourth-order valence-corrected chi connectivity index (χ4v) is 2.56. The summed E-state index contributed by atoms with van der Waals surface area (Å²) in [4.78, 5) is 22.4. The summed E-state index contributed by atoms with van der Waals surface area (Å²) in [6, 6.07) is 5.73. The van der Waals surface area contributed by atoms with Gasteiger partial charge in [0, 0.05) is 30.5 Å². The van der Waals surface area contributed by atoms with Gasteiger partial charge in [0.25, 0.3) is 0 Å². The Morgan fingerprint density at radius 1 is 1.37 bits per heavy atom. The number of aromatic nitrogens is 3. The van der Waals surface area contributed by atoms with E-state index in [0.29, 0.717) is 6.54 Å². The maximum absolute atomic E-state index is 11.3. The molecule has 0 bridgehead atoms. The van der Waals surface area contributed by atoms with Gasteiger partial charge in [0.2, 0.25) is 5.56 Å². The second kappa shape index (κ2) is 5.32. The summed E-state index contributed by atoms with van der Waals surface area (Å²) in [6.45, 7) is 0.714. The Labute approximate surface area is 111 Å². The van der Waals surface area contributed by atoms with Crippen molar-refractivity contribution >= 4 is 0 Å². The smallest absolute Gasteiger partial charge is 0.248 e. The second-order valence-electron chi connectivity index (χ2n) is 4.78. The number of H-pyrrole nitrogens is 1. The molecule has 0 fully saturated rings.